The van der Waals surface area contributed by atoms with Gasteiger partial charge in [-0.15, -0.1) is 0 Å². The molecule has 110 valence electrons. The SMILES string of the molecule is C[Si](C)(C)p1p2p([Si](C)(C)C)p3p1p3p2[Si](C)(C)C. The third-order valence-electron chi connectivity index (χ3n) is 3.27. The summed E-state index contributed by atoms with van der Waals surface area (Å²) >= 11 is 0. The highest BCUT2D eigenvalue weighted by Crippen LogP contribution is 3.16. The van der Waals surface area contributed by atoms with Gasteiger partial charge in [0.15, 0.2) is 0 Å². The molecule has 0 amide bonds. The van der Waals surface area contributed by atoms with Crippen LogP contribution in [0.2, 0.25) is 58.9 Å². The van der Waals surface area contributed by atoms with Crippen LogP contribution in [0.1, 0.15) is 0 Å². The van der Waals surface area contributed by atoms with Crippen molar-refractivity contribution in [3.8, 4) is 0 Å². The van der Waals surface area contributed by atoms with Crippen LogP contribution >= 0.6 is 44.8 Å². The van der Waals surface area contributed by atoms with E-state index in [2.05, 4.69) is 58.9 Å². The summed E-state index contributed by atoms with van der Waals surface area (Å²) in [5.74, 6) is 0. The molecule has 19 heavy (non-hydrogen) atoms. The minimum Gasteiger partial charge on any atom is -0.0789 e. The molecule has 0 aromatic carbocycles. The van der Waals surface area contributed by atoms with E-state index in [0.29, 0.717) is 25.7 Å². The first kappa shape index (κ1) is 16.6. The van der Waals surface area contributed by atoms with E-state index in [4.69, 9.17) is 0 Å². The molecule has 0 aliphatic rings. The molecule has 4 aromatic rings. The Morgan fingerprint density at radius 3 is 0.684 bits per heavy atom. The summed E-state index contributed by atoms with van der Waals surface area (Å²) in [6.45, 7) is 24.9. The quantitative estimate of drug-likeness (QED) is 0.358. The lowest BCUT2D eigenvalue weighted by atomic mass is 11.8. The minimum absolute atomic E-state index is 0.680. The third-order valence-corrected chi connectivity index (χ3v) is 163. The Hall–Kier alpha value is 2.75. The second kappa shape index (κ2) is 4.64. The van der Waals surface area contributed by atoms with Crippen LogP contribution in [0.4, 0.5) is 0 Å². The van der Waals surface area contributed by atoms with Crippen molar-refractivity contribution in [1.82, 2.24) is 0 Å². The Bertz CT molecular complexity index is 614. The maximum Gasteiger partial charge on any atom is 0.110 e. The molecule has 0 radical (unpaired) electrons. The van der Waals surface area contributed by atoms with Crippen molar-refractivity contribution < 1.29 is 0 Å². The Morgan fingerprint density at radius 1 is 0.368 bits per heavy atom. The summed E-state index contributed by atoms with van der Waals surface area (Å²) in [6.07, 6.45) is 5.04. The third kappa shape index (κ3) is 2.43. The second-order valence-electron chi connectivity index (χ2n) is 8.45. The van der Waals surface area contributed by atoms with Gasteiger partial charge in [-0.05, 0) is 25.5 Å². The van der Waals surface area contributed by atoms with Crippen LogP contribution in [0.5, 0.6) is 0 Å². The van der Waals surface area contributed by atoms with Gasteiger partial charge < -0.3 is 0 Å². The normalized spacial score (nSPS) is 22.3. The van der Waals surface area contributed by atoms with Gasteiger partial charge in [0.05, 0.1) is 0 Å². The first-order valence-corrected chi connectivity index (χ1v) is 35.7. The molecular formula is C9H27P7Si3. The van der Waals surface area contributed by atoms with E-state index in [1.807, 2.05) is 0 Å². The molecule has 0 N–H and O–H groups in total. The van der Waals surface area contributed by atoms with Crippen LogP contribution < -0.4 is 0 Å². The molecule has 0 saturated heterocycles. The highest BCUT2D eigenvalue weighted by molar-refractivity contribution is 9.19. The molecule has 0 nitrogen and oxygen atoms in total. The molecule has 0 aliphatic carbocycles. The molecule has 3 unspecified atom stereocenters. The number of hydrogen-bond donors (Lipinski definition) is 0. The van der Waals surface area contributed by atoms with Crippen LogP contribution in [0, 0.1) is 0 Å². The van der Waals surface area contributed by atoms with Crippen LogP contribution in [-0.2, 0) is 0 Å². The van der Waals surface area contributed by atoms with E-state index in [1.165, 1.54) is 0 Å². The predicted molar refractivity (Wildman–Crippen MR) is 118 cm³/mol. The van der Waals surface area contributed by atoms with E-state index < -0.39 is 23.2 Å². The lowest BCUT2D eigenvalue weighted by molar-refractivity contribution is 1.88. The summed E-state index contributed by atoms with van der Waals surface area (Å²) in [5.41, 5.74) is 0. The summed E-state index contributed by atoms with van der Waals surface area (Å²) < 4.78 is 0. The molecule has 4 bridgehead atoms. The fraction of sp³-hybridized carbons (Fsp3) is 1.00. The summed E-state index contributed by atoms with van der Waals surface area (Å²) in [5, 5.41) is 0. The summed E-state index contributed by atoms with van der Waals surface area (Å²) in [4.78, 5) is 0. The van der Waals surface area contributed by atoms with Gasteiger partial charge in [-0.3, -0.25) is 0 Å². The second-order valence-corrected chi connectivity index (χ2v) is 84.0. The van der Waals surface area contributed by atoms with Crippen molar-refractivity contribution in [3.63, 3.8) is 0 Å². The maximum absolute atomic E-state index is 2.77. The van der Waals surface area contributed by atoms with Gasteiger partial charge in [-0.25, -0.2) is 0 Å². The lowest BCUT2D eigenvalue weighted by Gasteiger charge is -2.22. The molecule has 0 fully saturated rings. The van der Waals surface area contributed by atoms with Crippen molar-refractivity contribution in [2.24, 2.45) is 0 Å². The Balaban J connectivity index is 2.41. The van der Waals surface area contributed by atoms with E-state index in [1.54, 1.807) is 0 Å². The fourth-order valence-corrected chi connectivity index (χ4v) is 378. The van der Waals surface area contributed by atoms with Gasteiger partial charge in [-0.2, -0.15) is 0 Å². The maximum atomic E-state index is 2.77. The fourth-order valence-electron chi connectivity index (χ4n) is 2.63. The van der Waals surface area contributed by atoms with Crippen LogP contribution in [-0.4, -0.2) is 23.2 Å². The van der Waals surface area contributed by atoms with E-state index in [0.717, 1.165) is 19.1 Å². The Morgan fingerprint density at radius 2 is 0.579 bits per heavy atom. The molecule has 0 spiro atoms. The van der Waals surface area contributed by atoms with Crippen LogP contribution in [0.15, 0.2) is 0 Å². The van der Waals surface area contributed by atoms with Crippen molar-refractivity contribution in [3.05, 3.63) is 0 Å². The minimum atomic E-state index is -0.776. The standard InChI is InChI=1S/C9H27P7Si3/c1-17(2,3)14-10-11-12(10)16(19(7,8)9)13(14)15(11)18(4,5)6/h1-9H3. The lowest BCUT2D eigenvalue weighted by Crippen LogP contribution is -2.12. The van der Waals surface area contributed by atoms with E-state index in [9.17, 15) is 0 Å². The van der Waals surface area contributed by atoms with Crippen LogP contribution in [0.25, 0.3) is 0 Å². The molecular weight excluding hydrogens is 409 g/mol. The van der Waals surface area contributed by atoms with Gasteiger partial charge in [0, 0.05) is 0 Å². The predicted octanol–water partition coefficient (Wildman–Crippen LogP) is 10.1. The summed E-state index contributed by atoms with van der Waals surface area (Å²) in [6, 6.07) is 0. The molecule has 0 aliphatic heterocycles. The molecule has 10 heteroatoms. The molecule has 0 saturated carbocycles. The molecule has 4 heterocycles. The zero-order valence-corrected chi connectivity index (χ0v) is 22.9. The summed E-state index contributed by atoms with van der Waals surface area (Å²) in [7, 11) is -2.33. The Kier molecular flexibility index (Phi) is 4.06. The van der Waals surface area contributed by atoms with Gasteiger partial charge in [0.1, 0.15) is 23.2 Å². The van der Waals surface area contributed by atoms with Crippen LogP contribution in [0.3, 0.4) is 0 Å². The highest BCUT2D eigenvalue weighted by Gasteiger charge is 2.45. The van der Waals surface area contributed by atoms with Gasteiger partial charge in [-0.1, -0.05) is 78.2 Å². The highest BCUT2D eigenvalue weighted by atomic mass is 33.2. The Labute approximate surface area is 126 Å². The van der Waals surface area contributed by atoms with Gasteiger partial charge in [0.25, 0.3) is 0 Å². The van der Waals surface area contributed by atoms with Crippen molar-refractivity contribution in [2.75, 3.05) is 0 Å². The topological polar surface area (TPSA) is 0 Å². The van der Waals surface area contributed by atoms with Crippen molar-refractivity contribution in [2.45, 2.75) is 58.9 Å². The monoisotopic (exact) mass is 436 g/mol. The van der Waals surface area contributed by atoms with E-state index in [-0.39, 0.29) is 0 Å². The first-order valence-electron chi connectivity index (χ1n) is 6.97. The van der Waals surface area contributed by atoms with Gasteiger partial charge in [0.2, 0.25) is 0 Å². The number of hydrogen-bond acceptors (Lipinski definition) is 0. The van der Waals surface area contributed by atoms with Crippen molar-refractivity contribution >= 4 is 68.0 Å². The molecule has 4 aromatic heterocycles. The average molecular weight is 436 g/mol. The molecule has 4 rings (SSSR count). The number of rotatable bonds is 3. The average Bonchev–Trinajstić information content (AvgIpc) is 2.58. The van der Waals surface area contributed by atoms with E-state index >= 15 is 0 Å². The smallest absolute Gasteiger partial charge is 0.0789 e. The zero-order valence-electron chi connectivity index (χ0n) is 13.6. The zero-order chi connectivity index (χ0) is 14.5. The first-order chi connectivity index (χ1) is 8.37. The molecule has 3 atom stereocenters. The van der Waals surface area contributed by atoms with Gasteiger partial charge >= 0.3 is 0 Å². The largest absolute Gasteiger partial charge is 0.110 e. The van der Waals surface area contributed by atoms with Crippen molar-refractivity contribution in [1.29, 1.82) is 0 Å².